The van der Waals surface area contributed by atoms with Crippen LogP contribution in [0.25, 0.3) is 0 Å². The van der Waals surface area contributed by atoms with Gasteiger partial charge in [-0.2, -0.15) is 0 Å². The minimum absolute atomic E-state index is 0.156. The van der Waals surface area contributed by atoms with Gasteiger partial charge < -0.3 is 18.9 Å². The summed E-state index contributed by atoms with van der Waals surface area (Å²) in [7, 11) is 0. The third-order valence-electron chi connectivity index (χ3n) is 13.6. The number of hydrogen-bond acceptors (Lipinski definition) is 6. The number of benzene rings is 2. The van der Waals surface area contributed by atoms with Crippen molar-refractivity contribution in [2.75, 3.05) is 13.2 Å². The second-order valence-corrected chi connectivity index (χ2v) is 18.7. The highest BCUT2D eigenvalue weighted by atomic mass is 16.6. The summed E-state index contributed by atoms with van der Waals surface area (Å²) >= 11 is 0. The van der Waals surface area contributed by atoms with Crippen LogP contribution in [0.15, 0.2) is 48.5 Å². The summed E-state index contributed by atoms with van der Waals surface area (Å²) in [6, 6.07) is 16.9. The van der Waals surface area contributed by atoms with Crippen molar-refractivity contribution in [1.82, 2.24) is 0 Å². The molecule has 2 aliphatic rings. The van der Waals surface area contributed by atoms with Crippen LogP contribution in [0, 0.1) is 23.7 Å². The van der Waals surface area contributed by atoms with E-state index in [0.29, 0.717) is 12.8 Å². The predicted molar refractivity (Wildman–Crippen MR) is 247 cm³/mol. The van der Waals surface area contributed by atoms with Crippen molar-refractivity contribution in [2.45, 2.75) is 220 Å². The number of hydrogen-bond donors (Lipinski definition) is 0. The van der Waals surface area contributed by atoms with Crippen LogP contribution in [-0.4, -0.2) is 37.4 Å². The van der Waals surface area contributed by atoms with Crippen LogP contribution >= 0.6 is 0 Å². The van der Waals surface area contributed by atoms with Gasteiger partial charge in [-0.25, -0.2) is 9.59 Å². The lowest BCUT2D eigenvalue weighted by Gasteiger charge is -2.28. The number of esters is 2. The predicted octanol–water partition coefficient (Wildman–Crippen LogP) is 14.3. The maximum Gasteiger partial charge on any atom is 0.338 e. The summed E-state index contributed by atoms with van der Waals surface area (Å²) in [6.07, 6.45) is 31.3. The molecule has 4 rings (SSSR count). The number of rotatable bonds is 31. The molecule has 0 saturated heterocycles. The highest BCUT2D eigenvalue weighted by molar-refractivity contribution is 5.85. The number of carbonyl (C=O) groups excluding carboxylic acids is 2. The Bertz CT molecular complexity index is 1280. The molecule has 0 heterocycles. The van der Waals surface area contributed by atoms with E-state index in [2.05, 4.69) is 62.4 Å². The molecule has 0 aliphatic heterocycles. The van der Waals surface area contributed by atoms with Crippen molar-refractivity contribution < 1.29 is 28.5 Å². The summed E-state index contributed by atoms with van der Waals surface area (Å²) in [4.78, 5) is 26.9. The van der Waals surface area contributed by atoms with Gasteiger partial charge in [0.15, 0.2) is 12.2 Å². The van der Waals surface area contributed by atoms with Crippen molar-refractivity contribution >= 4 is 11.9 Å². The first-order valence-corrected chi connectivity index (χ1v) is 25.1. The first kappa shape index (κ1) is 50.0. The van der Waals surface area contributed by atoms with Gasteiger partial charge in [0, 0.05) is 0 Å². The average molecular weight is 831 g/mol. The van der Waals surface area contributed by atoms with Gasteiger partial charge in [0.25, 0.3) is 0 Å². The topological polar surface area (TPSA) is 71.1 Å². The Morgan fingerprint density at radius 1 is 0.433 bits per heavy atom. The SMILES string of the molecule is CCCCC[C@H]1CC[C@H](CCCCc2ccc(CO[C@@H](C(=O)OCCC)[C@@H](OCc3ccc(CCCC[C@H]4CC[C@H](CCCCC)CC4)cc3)C(=O)OCCC)cc2)CC1. The summed E-state index contributed by atoms with van der Waals surface area (Å²) < 4.78 is 23.5. The molecule has 2 aromatic carbocycles. The van der Waals surface area contributed by atoms with Crippen LogP contribution in [0.4, 0.5) is 0 Å². The van der Waals surface area contributed by atoms with E-state index < -0.39 is 24.1 Å². The molecule has 6 nitrogen and oxygen atoms in total. The fourth-order valence-corrected chi connectivity index (χ4v) is 9.61. The molecule has 2 atom stereocenters. The lowest BCUT2D eigenvalue weighted by Crippen LogP contribution is -2.45. The third kappa shape index (κ3) is 19.6. The van der Waals surface area contributed by atoms with Gasteiger partial charge in [-0.05, 0) is 84.5 Å². The maximum absolute atomic E-state index is 13.4. The van der Waals surface area contributed by atoms with Gasteiger partial charge in [0.05, 0.1) is 26.4 Å². The molecular weight excluding hydrogens is 745 g/mol. The van der Waals surface area contributed by atoms with Crippen LogP contribution in [0.5, 0.6) is 0 Å². The molecule has 6 heteroatoms. The van der Waals surface area contributed by atoms with Gasteiger partial charge >= 0.3 is 11.9 Å². The van der Waals surface area contributed by atoms with Crippen molar-refractivity contribution in [2.24, 2.45) is 23.7 Å². The Morgan fingerprint density at radius 2 is 0.733 bits per heavy atom. The smallest absolute Gasteiger partial charge is 0.338 e. The Balaban J connectivity index is 1.22. The van der Waals surface area contributed by atoms with Crippen LogP contribution in [0.2, 0.25) is 0 Å². The summed E-state index contributed by atoms with van der Waals surface area (Å²) in [5.74, 6) is 2.58. The molecule has 338 valence electrons. The number of ether oxygens (including phenoxy) is 4. The fraction of sp³-hybridized carbons (Fsp3) is 0.741. The van der Waals surface area contributed by atoms with Crippen LogP contribution < -0.4 is 0 Å². The summed E-state index contributed by atoms with van der Waals surface area (Å²) in [5.41, 5.74) is 4.50. The van der Waals surface area contributed by atoms with Crippen LogP contribution in [0.3, 0.4) is 0 Å². The quantitative estimate of drug-likeness (QED) is 0.0557. The molecule has 60 heavy (non-hydrogen) atoms. The fourth-order valence-electron chi connectivity index (χ4n) is 9.61. The largest absolute Gasteiger partial charge is 0.464 e. The Labute approximate surface area is 367 Å². The Morgan fingerprint density at radius 3 is 1.03 bits per heavy atom. The standard InChI is InChI=1S/C54H86O6/c1-5-9-11-17-43-23-27-45(28-24-43)19-13-15-21-47-31-35-49(36-32-47)41-59-51(53(55)57-39-7-3)52(54(56)58-40-8-4)60-42-50-37-33-48(34-38-50)22-16-14-20-46-29-25-44(26-30-46)18-12-10-6-2/h31-38,43-46,51-52H,5-30,39-42H2,1-4H3/t43-,44-,45-,46-,51-,52-/m1/s1. The highest BCUT2D eigenvalue weighted by Gasteiger charge is 2.38. The van der Waals surface area contributed by atoms with Crippen molar-refractivity contribution in [3.05, 3.63) is 70.8 Å². The zero-order valence-corrected chi connectivity index (χ0v) is 38.7. The Kier molecular flexibility index (Phi) is 25.3. The second-order valence-electron chi connectivity index (χ2n) is 18.7. The second kappa shape index (κ2) is 30.4. The molecule has 2 aliphatic carbocycles. The van der Waals surface area contributed by atoms with Crippen molar-refractivity contribution in [3.8, 4) is 0 Å². The summed E-state index contributed by atoms with van der Waals surface area (Å²) in [6.45, 7) is 9.28. The van der Waals surface area contributed by atoms with Crippen LogP contribution in [-0.2, 0) is 54.6 Å². The summed E-state index contributed by atoms with van der Waals surface area (Å²) in [5, 5.41) is 0. The monoisotopic (exact) mass is 831 g/mol. The van der Waals surface area contributed by atoms with Gasteiger partial charge in [0.2, 0.25) is 0 Å². The minimum Gasteiger partial charge on any atom is -0.464 e. The lowest BCUT2D eigenvalue weighted by molar-refractivity contribution is -0.186. The molecule has 0 aromatic heterocycles. The van der Waals surface area contributed by atoms with Crippen molar-refractivity contribution in [3.63, 3.8) is 0 Å². The first-order valence-electron chi connectivity index (χ1n) is 25.1. The molecule has 0 bridgehead atoms. The molecule has 0 radical (unpaired) electrons. The minimum atomic E-state index is -1.25. The van der Waals surface area contributed by atoms with E-state index in [1.54, 1.807) is 0 Å². The molecule has 0 spiro atoms. The number of unbranched alkanes of at least 4 members (excludes halogenated alkanes) is 6. The highest BCUT2D eigenvalue weighted by Crippen LogP contribution is 2.36. The van der Waals surface area contributed by atoms with Gasteiger partial charge in [-0.15, -0.1) is 0 Å². The van der Waals surface area contributed by atoms with E-state index in [1.165, 1.54) is 152 Å². The number of aryl methyl sites for hydroxylation is 2. The average Bonchev–Trinajstić information content (AvgIpc) is 3.28. The normalized spacial score (nSPS) is 20.4. The molecule has 0 amide bonds. The van der Waals surface area contributed by atoms with E-state index in [0.717, 1.165) is 47.6 Å². The first-order chi connectivity index (χ1) is 29.4. The molecule has 2 fully saturated rings. The van der Waals surface area contributed by atoms with E-state index >= 15 is 0 Å². The van der Waals surface area contributed by atoms with E-state index in [-0.39, 0.29) is 26.4 Å². The number of carbonyl (C=O) groups is 2. The van der Waals surface area contributed by atoms with E-state index in [1.807, 2.05) is 13.8 Å². The molecule has 2 aromatic rings. The van der Waals surface area contributed by atoms with Gasteiger partial charge in [-0.3, -0.25) is 0 Å². The van der Waals surface area contributed by atoms with Crippen molar-refractivity contribution in [1.29, 1.82) is 0 Å². The van der Waals surface area contributed by atoms with E-state index in [9.17, 15) is 9.59 Å². The van der Waals surface area contributed by atoms with E-state index in [4.69, 9.17) is 18.9 Å². The van der Waals surface area contributed by atoms with Gasteiger partial charge in [0.1, 0.15) is 0 Å². The molecule has 0 unspecified atom stereocenters. The molecular formula is C54H86O6. The van der Waals surface area contributed by atoms with Gasteiger partial charge in [-0.1, -0.05) is 205 Å². The van der Waals surface area contributed by atoms with Crippen LogP contribution in [0.1, 0.15) is 204 Å². The lowest BCUT2D eigenvalue weighted by atomic mass is 9.78. The zero-order chi connectivity index (χ0) is 42.6. The Hall–Kier alpha value is -2.70. The molecule has 0 N–H and O–H groups in total. The maximum atomic E-state index is 13.4. The third-order valence-corrected chi connectivity index (χ3v) is 13.6. The molecule has 2 saturated carbocycles. The zero-order valence-electron chi connectivity index (χ0n) is 38.7.